The zero-order valence-electron chi connectivity index (χ0n) is 25.5. The first kappa shape index (κ1) is 25.1. The van der Waals surface area contributed by atoms with Gasteiger partial charge in [-0.2, -0.15) is 0 Å². The van der Waals surface area contributed by atoms with Crippen molar-refractivity contribution in [2.24, 2.45) is 0 Å². The molecule has 0 bridgehead atoms. The SMILES string of the molecule is c1ccc2c(c1)-c1cccc3c(-c4ccc(-n5c6ccccc6c6cc7c8ccccc8c8ccccc8c7cc65)cc4)ccc-2c13. The summed E-state index contributed by atoms with van der Waals surface area (Å²) in [5, 5.41) is 13.0. The maximum Gasteiger partial charge on any atom is 0.0547 e. The molecule has 0 saturated heterocycles. The summed E-state index contributed by atoms with van der Waals surface area (Å²) in [6.45, 7) is 0. The summed E-state index contributed by atoms with van der Waals surface area (Å²) in [6.07, 6.45) is 0. The molecule has 1 aromatic heterocycles. The van der Waals surface area contributed by atoms with E-state index in [-0.39, 0.29) is 0 Å². The highest BCUT2D eigenvalue weighted by Gasteiger charge is 2.22. The minimum absolute atomic E-state index is 1.17. The Kier molecular flexibility index (Phi) is 4.90. The first-order chi connectivity index (χ1) is 23.3. The zero-order chi connectivity index (χ0) is 30.6. The van der Waals surface area contributed by atoms with E-state index in [1.165, 1.54) is 104 Å². The predicted octanol–water partition coefficient (Wildman–Crippen LogP) is 12.7. The maximum atomic E-state index is 2.45. The van der Waals surface area contributed by atoms with E-state index in [2.05, 4.69) is 168 Å². The largest absolute Gasteiger partial charge is 0.309 e. The van der Waals surface area contributed by atoms with Gasteiger partial charge in [-0.25, -0.2) is 0 Å². The van der Waals surface area contributed by atoms with E-state index in [9.17, 15) is 0 Å². The summed E-state index contributed by atoms with van der Waals surface area (Å²) < 4.78 is 2.45. The lowest BCUT2D eigenvalue weighted by Crippen LogP contribution is -1.94. The van der Waals surface area contributed by atoms with Crippen molar-refractivity contribution < 1.29 is 0 Å². The minimum atomic E-state index is 1.17. The second kappa shape index (κ2) is 9.19. The number of hydrogen-bond acceptors (Lipinski definition) is 0. The molecule has 0 atom stereocenters. The third kappa shape index (κ3) is 3.33. The molecule has 1 heterocycles. The minimum Gasteiger partial charge on any atom is -0.309 e. The topological polar surface area (TPSA) is 4.93 Å². The Balaban J connectivity index is 1.14. The van der Waals surface area contributed by atoms with Crippen molar-refractivity contribution >= 4 is 64.9 Å². The third-order valence-electron chi connectivity index (χ3n) is 10.5. The van der Waals surface area contributed by atoms with Gasteiger partial charge in [0.1, 0.15) is 0 Å². The summed E-state index contributed by atoms with van der Waals surface area (Å²) in [7, 11) is 0. The molecule has 11 rings (SSSR count). The average Bonchev–Trinajstić information content (AvgIpc) is 3.65. The molecule has 0 unspecified atom stereocenters. The fraction of sp³-hybridized carbons (Fsp3) is 0. The maximum absolute atomic E-state index is 2.45. The van der Waals surface area contributed by atoms with Gasteiger partial charge in [-0.1, -0.05) is 133 Å². The van der Waals surface area contributed by atoms with Crippen molar-refractivity contribution in [3.8, 4) is 39.1 Å². The molecular weight excluding hydrogens is 567 g/mol. The van der Waals surface area contributed by atoms with Crippen LogP contribution in [0.5, 0.6) is 0 Å². The van der Waals surface area contributed by atoms with E-state index < -0.39 is 0 Å². The number of benzene rings is 9. The van der Waals surface area contributed by atoms with Gasteiger partial charge in [0.05, 0.1) is 11.0 Å². The monoisotopic (exact) mass is 593 g/mol. The van der Waals surface area contributed by atoms with Gasteiger partial charge in [0.15, 0.2) is 0 Å². The lowest BCUT2D eigenvalue weighted by molar-refractivity contribution is 1.18. The highest BCUT2D eigenvalue weighted by molar-refractivity contribution is 6.29. The second-order valence-electron chi connectivity index (χ2n) is 12.8. The van der Waals surface area contributed by atoms with Crippen molar-refractivity contribution in [3.05, 3.63) is 164 Å². The van der Waals surface area contributed by atoms with Crippen molar-refractivity contribution in [3.63, 3.8) is 0 Å². The standard InChI is InChI=1S/C46H27N/c1-5-14-35-31(10-1)32-11-2-6-15-36(32)42-27-45-43(26-41(35)42)37-16-7-8-19-44(37)47(45)29-22-20-28(21-23-29)30-24-25-40-34-13-4-3-12-33(34)39-18-9-17-38(30)46(39)40/h1-27H. The molecule has 0 amide bonds. The average molecular weight is 594 g/mol. The van der Waals surface area contributed by atoms with E-state index in [1.54, 1.807) is 0 Å². The van der Waals surface area contributed by atoms with Crippen molar-refractivity contribution in [2.45, 2.75) is 0 Å². The molecule has 1 aliphatic carbocycles. The van der Waals surface area contributed by atoms with E-state index in [0.29, 0.717) is 0 Å². The predicted molar refractivity (Wildman–Crippen MR) is 201 cm³/mol. The lowest BCUT2D eigenvalue weighted by atomic mass is 9.93. The molecule has 216 valence electrons. The molecule has 9 aromatic carbocycles. The van der Waals surface area contributed by atoms with Crippen LogP contribution in [-0.2, 0) is 0 Å². The molecule has 1 nitrogen and oxygen atoms in total. The fourth-order valence-corrected chi connectivity index (χ4v) is 8.49. The molecule has 0 saturated carbocycles. The summed E-state index contributed by atoms with van der Waals surface area (Å²) in [5.41, 5.74) is 11.5. The van der Waals surface area contributed by atoms with Crippen molar-refractivity contribution in [1.29, 1.82) is 0 Å². The van der Waals surface area contributed by atoms with Crippen LogP contribution in [0.2, 0.25) is 0 Å². The van der Waals surface area contributed by atoms with Gasteiger partial charge < -0.3 is 4.57 Å². The van der Waals surface area contributed by atoms with Gasteiger partial charge in [0.25, 0.3) is 0 Å². The first-order valence-corrected chi connectivity index (χ1v) is 16.4. The number of para-hydroxylation sites is 1. The van der Waals surface area contributed by atoms with Crippen molar-refractivity contribution in [1.82, 2.24) is 4.57 Å². The van der Waals surface area contributed by atoms with E-state index >= 15 is 0 Å². The summed E-state index contributed by atoms with van der Waals surface area (Å²) in [5.74, 6) is 0. The zero-order valence-corrected chi connectivity index (χ0v) is 25.5. The van der Waals surface area contributed by atoms with E-state index in [0.717, 1.165) is 0 Å². The van der Waals surface area contributed by atoms with Crippen molar-refractivity contribution in [2.75, 3.05) is 0 Å². The Morgan fingerprint density at radius 1 is 0.277 bits per heavy atom. The molecular formula is C46H27N. The Morgan fingerprint density at radius 2 is 0.787 bits per heavy atom. The highest BCUT2D eigenvalue weighted by Crippen LogP contribution is 2.49. The molecule has 1 heteroatoms. The smallest absolute Gasteiger partial charge is 0.0547 e. The van der Waals surface area contributed by atoms with Crippen LogP contribution in [0, 0.1) is 0 Å². The lowest BCUT2D eigenvalue weighted by Gasteiger charge is -2.13. The summed E-state index contributed by atoms with van der Waals surface area (Å²) in [6, 6.07) is 60.7. The molecule has 0 spiro atoms. The Bertz CT molecular complexity index is 2910. The van der Waals surface area contributed by atoms with Crippen LogP contribution in [0.25, 0.3) is 104 Å². The summed E-state index contributed by atoms with van der Waals surface area (Å²) >= 11 is 0. The number of aromatic nitrogens is 1. The van der Waals surface area contributed by atoms with Gasteiger partial charge in [0.2, 0.25) is 0 Å². The fourth-order valence-electron chi connectivity index (χ4n) is 8.49. The number of rotatable bonds is 2. The summed E-state index contributed by atoms with van der Waals surface area (Å²) in [4.78, 5) is 0. The van der Waals surface area contributed by atoms with Crippen LogP contribution in [0.4, 0.5) is 0 Å². The van der Waals surface area contributed by atoms with Crippen LogP contribution in [0.1, 0.15) is 0 Å². The highest BCUT2D eigenvalue weighted by atomic mass is 15.0. The Hall–Kier alpha value is -6.18. The van der Waals surface area contributed by atoms with Crippen LogP contribution < -0.4 is 0 Å². The molecule has 1 aliphatic rings. The number of hydrogen-bond donors (Lipinski definition) is 0. The second-order valence-corrected chi connectivity index (χ2v) is 12.8. The van der Waals surface area contributed by atoms with Gasteiger partial charge in [-0.3, -0.25) is 0 Å². The van der Waals surface area contributed by atoms with E-state index in [4.69, 9.17) is 0 Å². The first-order valence-electron chi connectivity index (χ1n) is 16.4. The quantitative estimate of drug-likeness (QED) is 0.176. The van der Waals surface area contributed by atoms with Gasteiger partial charge in [-0.05, 0) is 107 Å². The molecule has 0 fully saturated rings. The molecule has 0 radical (unpaired) electrons. The van der Waals surface area contributed by atoms with E-state index in [1.807, 2.05) is 0 Å². The molecule has 0 N–H and O–H groups in total. The molecule has 47 heavy (non-hydrogen) atoms. The van der Waals surface area contributed by atoms with Gasteiger partial charge in [-0.15, -0.1) is 0 Å². The molecule has 10 aromatic rings. The van der Waals surface area contributed by atoms with Gasteiger partial charge in [0, 0.05) is 16.5 Å². The van der Waals surface area contributed by atoms with Crippen LogP contribution >= 0.6 is 0 Å². The Labute approximate surface area is 271 Å². The van der Waals surface area contributed by atoms with Crippen LogP contribution in [0.3, 0.4) is 0 Å². The number of nitrogens with zero attached hydrogens (tertiary/aromatic N) is 1. The van der Waals surface area contributed by atoms with Crippen LogP contribution in [0.15, 0.2) is 164 Å². The molecule has 0 aliphatic heterocycles. The number of fused-ring (bicyclic) bond motifs is 12. The Morgan fingerprint density at radius 3 is 1.49 bits per heavy atom. The normalized spacial score (nSPS) is 12.3. The van der Waals surface area contributed by atoms with Gasteiger partial charge >= 0.3 is 0 Å². The third-order valence-corrected chi connectivity index (χ3v) is 10.5. The van der Waals surface area contributed by atoms with Crippen LogP contribution in [-0.4, -0.2) is 4.57 Å².